The Balaban J connectivity index is 1.71. The molecule has 0 saturated carbocycles. The van der Waals surface area contributed by atoms with Gasteiger partial charge in [0.05, 0.1) is 17.2 Å². The summed E-state index contributed by atoms with van der Waals surface area (Å²) in [7, 11) is 1.70. The van der Waals surface area contributed by atoms with E-state index in [0.717, 1.165) is 11.1 Å². The maximum Gasteiger partial charge on any atom is 0.276 e. The molecule has 0 aliphatic heterocycles. The van der Waals surface area contributed by atoms with Crippen LogP contribution in [0, 0.1) is 0 Å². The monoisotopic (exact) mass is 332 g/mol. The maximum atomic E-state index is 12.5. The van der Waals surface area contributed by atoms with Crippen LogP contribution >= 0.6 is 0 Å². The molecule has 4 aromatic rings. The van der Waals surface area contributed by atoms with Gasteiger partial charge in [0.15, 0.2) is 0 Å². The topological polar surface area (TPSA) is 68.4 Å². The van der Waals surface area contributed by atoms with Crippen LogP contribution in [0.4, 0.5) is 0 Å². The van der Waals surface area contributed by atoms with E-state index in [9.17, 15) is 9.59 Å². The predicted octanol–water partition coefficient (Wildman–Crippen LogP) is 2.12. The summed E-state index contributed by atoms with van der Waals surface area (Å²) in [5, 5.41) is 7.10. The number of carbonyl (C=O) groups is 1. The number of aromatic nitrogens is 3. The summed E-state index contributed by atoms with van der Waals surface area (Å²) in [6.45, 7) is 0.453. The number of benzene rings is 2. The molecular weight excluding hydrogens is 316 g/mol. The predicted molar refractivity (Wildman–Crippen MR) is 95.6 cm³/mol. The summed E-state index contributed by atoms with van der Waals surface area (Å²) in [5.74, 6) is -0.182. The molecule has 0 saturated heterocycles. The smallest absolute Gasteiger partial charge is 0.276 e. The molecular formula is C19H16N4O2. The molecule has 0 atom stereocenters. The highest BCUT2D eigenvalue weighted by atomic mass is 16.1. The van der Waals surface area contributed by atoms with Gasteiger partial charge in [-0.25, -0.2) is 4.52 Å². The Morgan fingerprint density at radius 2 is 1.84 bits per heavy atom. The van der Waals surface area contributed by atoms with Gasteiger partial charge >= 0.3 is 0 Å². The third kappa shape index (κ3) is 2.57. The molecule has 25 heavy (non-hydrogen) atoms. The Labute approximate surface area is 143 Å². The number of rotatable bonds is 3. The second-order valence-electron chi connectivity index (χ2n) is 5.86. The van der Waals surface area contributed by atoms with Crippen LogP contribution in [-0.2, 0) is 13.6 Å². The summed E-state index contributed by atoms with van der Waals surface area (Å²) < 4.78 is 3.14. The molecule has 2 aromatic carbocycles. The molecule has 1 N–H and O–H groups in total. The quantitative estimate of drug-likeness (QED) is 0.625. The Morgan fingerprint density at radius 1 is 1.04 bits per heavy atom. The third-order valence-corrected chi connectivity index (χ3v) is 4.29. The number of aryl methyl sites for hydroxylation is 1. The lowest BCUT2D eigenvalue weighted by Gasteiger charge is -2.10. The van der Waals surface area contributed by atoms with E-state index in [1.165, 1.54) is 0 Å². The lowest BCUT2D eigenvalue weighted by Crippen LogP contribution is -2.24. The van der Waals surface area contributed by atoms with Crippen molar-refractivity contribution in [2.75, 3.05) is 0 Å². The molecule has 4 rings (SSSR count). The fourth-order valence-corrected chi connectivity index (χ4v) is 2.93. The second-order valence-corrected chi connectivity index (χ2v) is 5.86. The molecule has 0 fully saturated rings. The number of amides is 1. The number of hydrogen-bond acceptors (Lipinski definition) is 3. The van der Waals surface area contributed by atoms with E-state index in [4.69, 9.17) is 0 Å². The van der Waals surface area contributed by atoms with Crippen LogP contribution in [0.3, 0.4) is 0 Å². The van der Waals surface area contributed by atoms with Crippen LogP contribution in [0.2, 0.25) is 0 Å². The van der Waals surface area contributed by atoms with Crippen molar-refractivity contribution in [2.45, 2.75) is 6.54 Å². The average molecular weight is 332 g/mol. The summed E-state index contributed by atoms with van der Waals surface area (Å²) in [4.78, 5) is 24.8. The molecule has 0 spiro atoms. The van der Waals surface area contributed by atoms with Gasteiger partial charge in [-0.2, -0.15) is 5.10 Å². The lowest BCUT2D eigenvalue weighted by atomic mass is 10.1. The maximum absolute atomic E-state index is 12.5. The summed E-state index contributed by atoms with van der Waals surface area (Å²) in [6, 6.07) is 16.7. The van der Waals surface area contributed by atoms with E-state index in [0.29, 0.717) is 23.1 Å². The van der Waals surface area contributed by atoms with Gasteiger partial charge in [0.2, 0.25) is 0 Å². The molecule has 1 amide bonds. The van der Waals surface area contributed by atoms with Crippen molar-refractivity contribution in [2.24, 2.45) is 7.05 Å². The summed E-state index contributed by atoms with van der Waals surface area (Å²) in [6.07, 6.45) is 1.59. The van der Waals surface area contributed by atoms with Crippen molar-refractivity contribution in [1.82, 2.24) is 19.5 Å². The van der Waals surface area contributed by atoms with Crippen molar-refractivity contribution < 1.29 is 4.79 Å². The highest BCUT2D eigenvalue weighted by molar-refractivity contribution is 5.97. The first-order valence-corrected chi connectivity index (χ1v) is 7.94. The van der Waals surface area contributed by atoms with Gasteiger partial charge in [-0.3, -0.25) is 9.59 Å². The number of nitrogens with zero attached hydrogens (tertiary/aromatic N) is 3. The standard InChI is InChI=1S/C19H16N4O2/c1-22-17-11-14(18(24)20-12-13-5-3-2-4-6-13)7-8-15(17)23-16(19(22)25)9-10-21-23/h2-11H,12H2,1H3,(H,20,24). The fourth-order valence-electron chi connectivity index (χ4n) is 2.93. The van der Waals surface area contributed by atoms with Gasteiger partial charge in [0, 0.05) is 19.2 Å². The first-order chi connectivity index (χ1) is 12.1. The molecule has 6 nitrogen and oxygen atoms in total. The zero-order valence-electron chi connectivity index (χ0n) is 13.6. The second kappa shape index (κ2) is 5.90. The summed E-state index contributed by atoms with van der Waals surface area (Å²) >= 11 is 0. The highest BCUT2D eigenvalue weighted by Gasteiger charge is 2.12. The van der Waals surface area contributed by atoms with Crippen LogP contribution in [0.25, 0.3) is 16.6 Å². The molecule has 0 bridgehead atoms. The molecule has 0 aliphatic carbocycles. The zero-order valence-corrected chi connectivity index (χ0v) is 13.6. The number of nitrogens with one attached hydrogen (secondary N) is 1. The van der Waals surface area contributed by atoms with E-state index in [1.807, 2.05) is 36.4 Å². The molecule has 0 unspecified atom stereocenters. The van der Waals surface area contributed by atoms with Crippen molar-refractivity contribution in [3.05, 3.63) is 82.3 Å². The Bertz CT molecular complexity index is 1140. The third-order valence-electron chi connectivity index (χ3n) is 4.29. The molecule has 2 aromatic heterocycles. The first kappa shape index (κ1) is 15.1. The Hall–Kier alpha value is -3.41. The minimum atomic E-state index is -0.182. The normalized spacial score (nSPS) is 11.1. The van der Waals surface area contributed by atoms with Crippen LogP contribution in [0.1, 0.15) is 15.9 Å². The van der Waals surface area contributed by atoms with Gasteiger partial charge in [-0.05, 0) is 29.8 Å². The van der Waals surface area contributed by atoms with E-state index in [2.05, 4.69) is 10.4 Å². The molecule has 2 heterocycles. The van der Waals surface area contributed by atoms with E-state index in [1.54, 1.807) is 40.5 Å². The SMILES string of the molecule is Cn1c(=O)c2ccnn2c2ccc(C(=O)NCc3ccccc3)cc21. The molecule has 0 aliphatic rings. The fraction of sp³-hybridized carbons (Fsp3) is 0.105. The molecule has 124 valence electrons. The van der Waals surface area contributed by atoms with Crippen LogP contribution in [0.5, 0.6) is 0 Å². The van der Waals surface area contributed by atoms with Gasteiger partial charge in [0.25, 0.3) is 11.5 Å². The van der Waals surface area contributed by atoms with Crippen molar-refractivity contribution in [3.8, 4) is 0 Å². The van der Waals surface area contributed by atoms with E-state index in [-0.39, 0.29) is 11.5 Å². The van der Waals surface area contributed by atoms with E-state index < -0.39 is 0 Å². The molecule has 0 radical (unpaired) electrons. The first-order valence-electron chi connectivity index (χ1n) is 7.94. The van der Waals surface area contributed by atoms with Crippen LogP contribution < -0.4 is 10.9 Å². The number of fused-ring (bicyclic) bond motifs is 3. The van der Waals surface area contributed by atoms with Gasteiger partial charge < -0.3 is 9.88 Å². The van der Waals surface area contributed by atoms with Crippen molar-refractivity contribution >= 4 is 22.5 Å². The summed E-state index contributed by atoms with van der Waals surface area (Å²) in [5.41, 5.74) is 3.34. The molecule has 6 heteroatoms. The van der Waals surface area contributed by atoms with Crippen LogP contribution in [0.15, 0.2) is 65.6 Å². The van der Waals surface area contributed by atoms with Crippen molar-refractivity contribution in [3.63, 3.8) is 0 Å². The zero-order chi connectivity index (χ0) is 17.4. The largest absolute Gasteiger partial charge is 0.348 e. The van der Waals surface area contributed by atoms with Gasteiger partial charge in [-0.15, -0.1) is 0 Å². The van der Waals surface area contributed by atoms with Crippen molar-refractivity contribution in [1.29, 1.82) is 0 Å². The van der Waals surface area contributed by atoms with Crippen LogP contribution in [-0.4, -0.2) is 20.1 Å². The lowest BCUT2D eigenvalue weighted by molar-refractivity contribution is 0.0951. The Morgan fingerprint density at radius 3 is 2.64 bits per heavy atom. The number of hydrogen-bond donors (Lipinski definition) is 1. The minimum Gasteiger partial charge on any atom is -0.348 e. The van der Waals surface area contributed by atoms with Gasteiger partial charge in [0.1, 0.15) is 5.52 Å². The Kier molecular flexibility index (Phi) is 3.57. The van der Waals surface area contributed by atoms with E-state index >= 15 is 0 Å². The number of carbonyl (C=O) groups excluding carboxylic acids is 1. The minimum absolute atomic E-state index is 0.146. The van der Waals surface area contributed by atoms with Gasteiger partial charge in [-0.1, -0.05) is 30.3 Å². The average Bonchev–Trinajstić information content (AvgIpc) is 3.14. The highest BCUT2D eigenvalue weighted by Crippen LogP contribution is 2.15.